The molecule has 0 aromatic heterocycles. The van der Waals surface area contributed by atoms with Crippen molar-refractivity contribution in [3.63, 3.8) is 0 Å². The maximum atomic E-state index is 12.7. The fourth-order valence-corrected chi connectivity index (χ4v) is 5.16. The van der Waals surface area contributed by atoms with Crippen LogP contribution in [-0.4, -0.2) is 28.7 Å². The summed E-state index contributed by atoms with van der Waals surface area (Å²) in [4.78, 5) is 14.7. The van der Waals surface area contributed by atoms with Gasteiger partial charge < -0.3 is 4.74 Å². The van der Waals surface area contributed by atoms with Crippen molar-refractivity contribution in [3.05, 3.63) is 53.1 Å². The fourth-order valence-electron chi connectivity index (χ4n) is 5.16. The van der Waals surface area contributed by atoms with Gasteiger partial charge in [-0.2, -0.15) is 0 Å². The van der Waals surface area contributed by atoms with Gasteiger partial charge in [0.05, 0.1) is 6.04 Å². The van der Waals surface area contributed by atoms with Crippen molar-refractivity contribution in [2.24, 2.45) is 0 Å². The molecule has 3 aliphatic rings. The summed E-state index contributed by atoms with van der Waals surface area (Å²) in [6.45, 7) is 5.81. The second kappa shape index (κ2) is 5.85. The first-order valence-electron chi connectivity index (χ1n) is 10.2. The molecule has 0 N–H and O–H groups in total. The molecule has 0 spiro atoms. The molecule has 0 saturated carbocycles. The summed E-state index contributed by atoms with van der Waals surface area (Å²) in [7, 11) is 0. The number of nitrogens with zero attached hydrogens (tertiary/aromatic N) is 1. The van der Waals surface area contributed by atoms with Gasteiger partial charge in [-0.3, -0.25) is 4.90 Å². The maximum absolute atomic E-state index is 12.7. The lowest BCUT2D eigenvalue weighted by molar-refractivity contribution is 0.0175. The Morgan fingerprint density at radius 2 is 1.85 bits per heavy atom. The summed E-state index contributed by atoms with van der Waals surface area (Å²) >= 11 is 0. The van der Waals surface area contributed by atoms with Gasteiger partial charge >= 0.3 is 6.09 Å². The zero-order valence-corrected chi connectivity index (χ0v) is 16.4. The van der Waals surface area contributed by atoms with E-state index in [0.29, 0.717) is 0 Å². The normalized spacial score (nSPS) is 23.7. The molecule has 2 bridgehead atoms. The summed E-state index contributed by atoms with van der Waals surface area (Å²) in [5.41, 5.74) is 5.28. The molecule has 2 atom stereocenters. The Morgan fingerprint density at radius 3 is 2.59 bits per heavy atom. The van der Waals surface area contributed by atoms with Gasteiger partial charge in [-0.25, -0.2) is 4.79 Å². The molecular formula is C24H27NO2. The highest BCUT2D eigenvalue weighted by Gasteiger charge is 2.41. The van der Waals surface area contributed by atoms with Gasteiger partial charge in [0, 0.05) is 6.04 Å². The number of rotatable bonds is 1. The standard InChI is InChI=1S/C24H27NO2/c1-24(2,3)27-23(26)25-18-10-11-19(25)14-17(13-18)20-12-9-16-8-7-15-5-4-6-21(20)22(15)16/h4-6,9,12-13,18-19H,7-8,10-11,14H2,1-3H3. The zero-order valence-electron chi connectivity index (χ0n) is 16.4. The largest absolute Gasteiger partial charge is 0.444 e. The predicted molar refractivity (Wildman–Crippen MR) is 109 cm³/mol. The Balaban J connectivity index is 1.52. The van der Waals surface area contributed by atoms with Crippen LogP contribution >= 0.6 is 0 Å². The molecule has 2 aliphatic heterocycles. The van der Waals surface area contributed by atoms with E-state index in [2.05, 4.69) is 36.4 Å². The number of carbonyl (C=O) groups is 1. The highest BCUT2D eigenvalue weighted by molar-refractivity contribution is 5.99. The van der Waals surface area contributed by atoms with Crippen molar-refractivity contribution in [1.29, 1.82) is 0 Å². The highest BCUT2D eigenvalue weighted by Crippen LogP contribution is 2.42. The van der Waals surface area contributed by atoms with Crippen LogP contribution in [-0.2, 0) is 17.6 Å². The quantitative estimate of drug-likeness (QED) is 0.672. The average molecular weight is 361 g/mol. The van der Waals surface area contributed by atoms with Crippen molar-refractivity contribution >= 4 is 22.4 Å². The number of hydrogen-bond acceptors (Lipinski definition) is 2. The molecule has 3 nitrogen and oxygen atoms in total. The molecule has 5 rings (SSSR count). The molecule has 27 heavy (non-hydrogen) atoms. The highest BCUT2D eigenvalue weighted by atomic mass is 16.6. The van der Waals surface area contributed by atoms with E-state index in [4.69, 9.17) is 4.74 Å². The first-order chi connectivity index (χ1) is 12.9. The Labute approximate surface area is 161 Å². The zero-order chi connectivity index (χ0) is 18.8. The monoisotopic (exact) mass is 361 g/mol. The van der Waals surface area contributed by atoms with E-state index in [-0.39, 0.29) is 18.2 Å². The van der Waals surface area contributed by atoms with Crippen LogP contribution in [0.15, 0.2) is 36.4 Å². The van der Waals surface area contributed by atoms with Gasteiger partial charge in [0.1, 0.15) is 5.60 Å². The topological polar surface area (TPSA) is 29.5 Å². The van der Waals surface area contributed by atoms with E-state index < -0.39 is 5.60 Å². The molecule has 1 saturated heterocycles. The van der Waals surface area contributed by atoms with Crippen molar-refractivity contribution < 1.29 is 9.53 Å². The second-order valence-corrected chi connectivity index (χ2v) is 9.19. The molecular weight excluding hydrogens is 334 g/mol. The lowest BCUT2D eigenvalue weighted by atomic mass is 9.90. The molecule has 1 aliphatic carbocycles. The van der Waals surface area contributed by atoms with Gasteiger partial charge in [0.15, 0.2) is 0 Å². The number of carbonyl (C=O) groups excluding carboxylic acids is 1. The van der Waals surface area contributed by atoms with E-state index in [9.17, 15) is 4.79 Å². The van der Waals surface area contributed by atoms with Crippen LogP contribution in [0.2, 0.25) is 0 Å². The van der Waals surface area contributed by atoms with Crippen LogP contribution in [0.3, 0.4) is 0 Å². The van der Waals surface area contributed by atoms with Crippen molar-refractivity contribution in [2.75, 3.05) is 0 Å². The molecule has 0 radical (unpaired) electrons. The number of aryl methyl sites for hydroxylation is 2. The van der Waals surface area contributed by atoms with E-state index in [1.165, 1.54) is 33.0 Å². The van der Waals surface area contributed by atoms with Crippen LogP contribution in [0.4, 0.5) is 4.79 Å². The number of benzene rings is 2. The van der Waals surface area contributed by atoms with Gasteiger partial charge in [0.25, 0.3) is 0 Å². The summed E-state index contributed by atoms with van der Waals surface area (Å²) in [6.07, 6.45) is 7.51. The minimum atomic E-state index is -0.446. The lowest BCUT2D eigenvalue weighted by Crippen LogP contribution is -2.45. The predicted octanol–water partition coefficient (Wildman–Crippen LogP) is 5.49. The third-order valence-electron chi connectivity index (χ3n) is 6.22. The first-order valence-corrected chi connectivity index (χ1v) is 10.2. The van der Waals surface area contributed by atoms with Gasteiger partial charge in [-0.1, -0.05) is 36.4 Å². The third kappa shape index (κ3) is 2.75. The molecule has 3 heteroatoms. The molecule has 140 valence electrons. The van der Waals surface area contributed by atoms with Crippen LogP contribution in [0.25, 0.3) is 16.3 Å². The summed E-state index contributed by atoms with van der Waals surface area (Å²) in [5, 5.41) is 2.86. The maximum Gasteiger partial charge on any atom is 0.411 e. The van der Waals surface area contributed by atoms with Crippen LogP contribution < -0.4 is 0 Å². The van der Waals surface area contributed by atoms with Crippen LogP contribution in [0, 0.1) is 0 Å². The Kier molecular flexibility index (Phi) is 3.65. The third-order valence-corrected chi connectivity index (χ3v) is 6.22. The van der Waals surface area contributed by atoms with Gasteiger partial charge in [-0.05, 0) is 85.9 Å². The van der Waals surface area contributed by atoms with E-state index >= 15 is 0 Å². The molecule has 2 aromatic rings. The first kappa shape index (κ1) is 16.9. The van der Waals surface area contributed by atoms with Crippen molar-refractivity contribution in [3.8, 4) is 0 Å². The van der Waals surface area contributed by atoms with E-state index in [1.54, 1.807) is 0 Å². The average Bonchev–Trinajstić information content (AvgIpc) is 3.14. The van der Waals surface area contributed by atoms with Gasteiger partial charge in [-0.15, -0.1) is 0 Å². The Morgan fingerprint density at radius 1 is 1.07 bits per heavy atom. The minimum absolute atomic E-state index is 0.161. The minimum Gasteiger partial charge on any atom is -0.444 e. The molecule has 2 aromatic carbocycles. The number of fused-ring (bicyclic) bond motifs is 2. The second-order valence-electron chi connectivity index (χ2n) is 9.19. The Bertz CT molecular complexity index is 956. The number of amides is 1. The summed E-state index contributed by atoms with van der Waals surface area (Å²) < 4.78 is 5.67. The molecule has 2 unspecified atom stereocenters. The van der Waals surface area contributed by atoms with E-state index in [0.717, 1.165) is 32.1 Å². The fraction of sp³-hybridized carbons (Fsp3) is 0.458. The van der Waals surface area contributed by atoms with Crippen molar-refractivity contribution in [2.45, 2.75) is 70.6 Å². The molecule has 2 heterocycles. The smallest absolute Gasteiger partial charge is 0.411 e. The Hall–Kier alpha value is -2.29. The van der Waals surface area contributed by atoms with Crippen molar-refractivity contribution in [1.82, 2.24) is 4.90 Å². The number of ether oxygens (including phenoxy) is 1. The van der Waals surface area contributed by atoms with Crippen LogP contribution in [0.1, 0.15) is 56.7 Å². The lowest BCUT2D eigenvalue weighted by Gasteiger charge is -2.35. The molecule has 1 fully saturated rings. The summed E-state index contributed by atoms with van der Waals surface area (Å²) in [5.74, 6) is 0. The van der Waals surface area contributed by atoms with Gasteiger partial charge in [0.2, 0.25) is 0 Å². The van der Waals surface area contributed by atoms with Crippen LogP contribution in [0.5, 0.6) is 0 Å². The summed E-state index contributed by atoms with van der Waals surface area (Å²) in [6, 6.07) is 11.8. The SMILES string of the molecule is CC(C)(C)OC(=O)N1C2C=C(c3ccc4c5c(cccc35)CC4)CC1CC2. The number of hydrogen-bond donors (Lipinski definition) is 0. The molecule has 1 amide bonds. The van der Waals surface area contributed by atoms with E-state index in [1.807, 2.05) is 25.7 Å².